The molecule has 0 spiro atoms. The first-order valence-corrected chi connectivity index (χ1v) is 13.3. The molecule has 4 rings (SSSR count). The first-order chi connectivity index (χ1) is 18.2. The van der Waals surface area contributed by atoms with E-state index >= 15 is 0 Å². The number of hydrogen-bond donors (Lipinski definition) is 1. The fourth-order valence-electron chi connectivity index (χ4n) is 4.77. The van der Waals surface area contributed by atoms with Crippen LogP contribution in [-0.2, 0) is 0 Å². The molecule has 2 heterocycles. The Morgan fingerprint density at radius 1 is 1.03 bits per heavy atom. The molecule has 8 nitrogen and oxygen atoms in total. The Hall–Kier alpha value is -2.96. The highest BCUT2D eigenvalue weighted by Gasteiger charge is 2.26. The molecule has 2 aromatic carbocycles. The van der Waals surface area contributed by atoms with E-state index in [0.29, 0.717) is 73.8 Å². The maximum atomic E-state index is 9.78. The van der Waals surface area contributed by atoms with Gasteiger partial charge in [-0.15, -0.1) is 0 Å². The van der Waals surface area contributed by atoms with Crippen LogP contribution in [0.5, 0.6) is 17.2 Å². The topological polar surface area (TPSA) is 82.9 Å². The van der Waals surface area contributed by atoms with E-state index in [4.69, 9.17) is 37.4 Å². The van der Waals surface area contributed by atoms with Crippen molar-refractivity contribution in [3.63, 3.8) is 0 Å². The average Bonchev–Trinajstić information content (AvgIpc) is 2.90. The normalized spacial score (nSPS) is 18.3. The number of ether oxygens (including phenoxy) is 3. The number of nitriles is 1. The molecule has 1 N–H and O–H groups in total. The van der Waals surface area contributed by atoms with Gasteiger partial charge in [-0.05, 0) is 39.4 Å². The smallest absolute Gasteiger partial charge is 0.163 e. The summed E-state index contributed by atoms with van der Waals surface area (Å²) in [7, 11) is 5.31. The van der Waals surface area contributed by atoms with E-state index in [-0.39, 0.29) is 0 Å². The van der Waals surface area contributed by atoms with E-state index in [1.165, 1.54) is 13.3 Å². The Morgan fingerprint density at radius 2 is 1.74 bits per heavy atom. The highest BCUT2D eigenvalue weighted by molar-refractivity contribution is 6.37. The Morgan fingerprint density at radius 3 is 2.39 bits per heavy atom. The lowest BCUT2D eigenvalue weighted by atomic mass is 10.1. The van der Waals surface area contributed by atoms with Crippen LogP contribution in [0.1, 0.15) is 25.8 Å². The average molecular weight is 559 g/mol. The van der Waals surface area contributed by atoms with Gasteiger partial charge in [0.1, 0.15) is 11.8 Å². The minimum absolute atomic E-state index is 0.355. The number of anilines is 2. The van der Waals surface area contributed by atoms with Crippen molar-refractivity contribution in [2.75, 3.05) is 52.8 Å². The lowest BCUT2D eigenvalue weighted by Gasteiger charge is -2.42. The number of nitrogens with one attached hydrogen (secondary N) is 1. The van der Waals surface area contributed by atoms with Crippen LogP contribution in [0.4, 0.5) is 11.4 Å². The molecular weight excluding hydrogens is 525 g/mol. The minimum atomic E-state index is 0.355. The van der Waals surface area contributed by atoms with Crippen molar-refractivity contribution in [1.82, 2.24) is 14.8 Å². The van der Waals surface area contributed by atoms with Crippen molar-refractivity contribution in [3.05, 3.63) is 46.1 Å². The molecule has 1 aliphatic heterocycles. The number of benzene rings is 2. The Labute approximate surface area is 234 Å². The zero-order valence-corrected chi connectivity index (χ0v) is 23.9. The van der Waals surface area contributed by atoms with Gasteiger partial charge in [-0.25, -0.2) is 0 Å². The van der Waals surface area contributed by atoms with E-state index in [0.717, 1.165) is 26.1 Å². The van der Waals surface area contributed by atoms with Gasteiger partial charge in [-0.2, -0.15) is 5.26 Å². The number of rotatable bonds is 9. The molecule has 1 aliphatic rings. The van der Waals surface area contributed by atoms with Gasteiger partial charge in [0.2, 0.25) is 0 Å². The van der Waals surface area contributed by atoms with Crippen LogP contribution in [0.2, 0.25) is 10.0 Å². The van der Waals surface area contributed by atoms with Crippen molar-refractivity contribution >= 4 is 45.5 Å². The lowest BCUT2D eigenvalue weighted by Crippen LogP contribution is -2.55. The van der Waals surface area contributed by atoms with Crippen LogP contribution >= 0.6 is 23.2 Å². The second kappa shape index (κ2) is 12.3. The van der Waals surface area contributed by atoms with Gasteiger partial charge in [-0.3, -0.25) is 9.88 Å². The molecule has 3 aromatic rings. The van der Waals surface area contributed by atoms with Gasteiger partial charge in [0.15, 0.2) is 11.5 Å². The summed E-state index contributed by atoms with van der Waals surface area (Å²) in [6.07, 6.45) is 2.42. The highest BCUT2D eigenvalue weighted by atomic mass is 35.5. The number of fused-ring (bicyclic) bond motifs is 1. The summed E-state index contributed by atoms with van der Waals surface area (Å²) in [4.78, 5) is 9.42. The third kappa shape index (κ3) is 6.02. The molecule has 0 radical (unpaired) electrons. The number of aromatic nitrogens is 1. The summed E-state index contributed by atoms with van der Waals surface area (Å²) >= 11 is 12.6. The third-order valence-corrected chi connectivity index (χ3v) is 7.69. The quantitative estimate of drug-likeness (QED) is 0.322. The lowest BCUT2D eigenvalue weighted by molar-refractivity contribution is 0.0571. The van der Waals surface area contributed by atoms with Gasteiger partial charge in [0, 0.05) is 55.4 Å². The first-order valence-electron chi connectivity index (χ1n) is 12.5. The molecule has 10 heteroatoms. The maximum Gasteiger partial charge on any atom is 0.163 e. The Kier molecular flexibility index (Phi) is 9.06. The van der Waals surface area contributed by atoms with Crippen molar-refractivity contribution in [2.24, 2.45) is 0 Å². The van der Waals surface area contributed by atoms with Crippen LogP contribution in [0, 0.1) is 11.3 Å². The molecular formula is C28H33Cl2N5O3. The molecule has 0 aliphatic carbocycles. The standard InChI is InChI=1S/C28H33Cl2N5O3/c1-17-15-35(16-18(2)34(17)3)7-6-8-38-27-11-23-20(9-26(27)37-5)28(19(13-31)14-32-23)33-24-12-25(36-4)22(30)10-21(24)29/h9-12,14,17-18H,6-8,15-16H2,1-5H3,(H,32,33). The summed E-state index contributed by atoms with van der Waals surface area (Å²) in [6.45, 7) is 8.18. The van der Waals surface area contributed by atoms with Gasteiger partial charge >= 0.3 is 0 Å². The van der Waals surface area contributed by atoms with Crippen LogP contribution in [0.3, 0.4) is 0 Å². The molecule has 0 amide bonds. The second-order valence-electron chi connectivity index (χ2n) is 9.60. The van der Waals surface area contributed by atoms with Crippen molar-refractivity contribution in [1.29, 1.82) is 5.26 Å². The highest BCUT2D eigenvalue weighted by Crippen LogP contribution is 2.40. The minimum Gasteiger partial charge on any atom is -0.495 e. The monoisotopic (exact) mass is 557 g/mol. The maximum absolute atomic E-state index is 9.78. The summed E-state index contributed by atoms with van der Waals surface area (Å²) < 4.78 is 17.1. The number of piperazine rings is 1. The zero-order valence-electron chi connectivity index (χ0n) is 22.3. The Bertz CT molecular complexity index is 1330. The van der Waals surface area contributed by atoms with E-state index in [1.54, 1.807) is 19.2 Å². The molecule has 2 unspecified atom stereocenters. The van der Waals surface area contributed by atoms with Crippen molar-refractivity contribution < 1.29 is 14.2 Å². The summed E-state index contributed by atoms with van der Waals surface area (Å²) in [5.74, 6) is 1.62. The first kappa shape index (κ1) is 28.1. The molecule has 1 saturated heterocycles. The Balaban J connectivity index is 1.55. The number of hydrogen-bond acceptors (Lipinski definition) is 8. The number of pyridine rings is 1. The number of halogens is 2. The SMILES string of the molecule is COc1cc(Nc2c(C#N)cnc3cc(OCCCN4CC(C)N(C)C(C)C4)c(OC)cc23)c(Cl)cc1Cl. The predicted octanol–water partition coefficient (Wildman–Crippen LogP) is 5.97. The molecule has 1 fully saturated rings. The van der Waals surface area contributed by atoms with Gasteiger partial charge < -0.3 is 24.4 Å². The third-order valence-electron chi connectivity index (χ3n) is 7.09. The van der Waals surface area contributed by atoms with E-state index in [1.807, 2.05) is 12.1 Å². The second-order valence-corrected chi connectivity index (χ2v) is 10.4. The number of methoxy groups -OCH3 is 2. The zero-order chi connectivity index (χ0) is 27.4. The van der Waals surface area contributed by atoms with Gasteiger partial charge in [-0.1, -0.05) is 23.2 Å². The van der Waals surface area contributed by atoms with Crippen molar-refractivity contribution in [2.45, 2.75) is 32.4 Å². The van der Waals surface area contributed by atoms with Crippen LogP contribution in [-0.4, -0.2) is 74.4 Å². The molecule has 0 bridgehead atoms. The number of nitrogens with zero attached hydrogens (tertiary/aromatic N) is 4. The number of likely N-dealkylation sites (N-methyl/N-ethyl adjacent to an activating group) is 1. The molecule has 1 aromatic heterocycles. The fourth-order valence-corrected chi connectivity index (χ4v) is 5.28. The molecule has 38 heavy (non-hydrogen) atoms. The van der Waals surface area contributed by atoms with E-state index in [9.17, 15) is 5.26 Å². The van der Waals surface area contributed by atoms with Gasteiger partial charge in [0.25, 0.3) is 0 Å². The molecule has 0 saturated carbocycles. The molecule has 202 valence electrons. The molecule has 2 atom stereocenters. The van der Waals surface area contributed by atoms with Crippen LogP contribution < -0.4 is 19.5 Å². The van der Waals surface area contributed by atoms with E-state index in [2.05, 4.69) is 47.1 Å². The van der Waals surface area contributed by atoms with E-state index < -0.39 is 0 Å². The largest absolute Gasteiger partial charge is 0.495 e. The van der Waals surface area contributed by atoms with Crippen molar-refractivity contribution in [3.8, 4) is 23.3 Å². The summed E-state index contributed by atoms with van der Waals surface area (Å²) in [5.41, 5.74) is 2.10. The van der Waals surface area contributed by atoms with Crippen LogP contribution in [0.25, 0.3) is 10.9 Å². The fraction of sp³-hybridized carbons (Fsp3) is 0.429. The van der Waals surface area contributed by atoms with Gasteiger partial charge in [0.05, 0.1) is 53.3 Å². The van der Waals surface area contributed by atoms with Crippen LogP contribution in [0.15, 0.2) is 30.5 Å². The summed E-state index contributed by atoms with van der Waals surface area (Å²) in [5, 5.41) is 14.5. The summed E-state index contributed by atoms with van der Waals surface area (Å²) in [6, 6.07) is 10.2. The predicted molar refractivity (Wildman–Crippen MR) is 153 cm³/mol.